The number of aliphatic carboxylic acids is 2. The Bertz CT molecular complexity index is 1730. The first-order valence-corrected chi connectivity index (χ1v) is 24.6. The van der Waals surface area contributed by atoms with Crippen LogP contribution in [0, 0.1) is 33.5 Å². The van der Waals surface area contributed by atoms with Gasteiger partial charge in [0.25, 0.3) is 0 Å². The van der Waals surface area contributed by atoms with E-state index in [0.29, 0.717) is 39.3 Å². The molecule has 0 heterocycles. The van der Waals surface area contributed by atoms with Crippen LogP contribution in [0.3, 0.4) is 0 Å². The van der Waals surface area contributed by atoms with E-state index in [1.165, 1.54) is 20.7 Å². The third kappa shape index (κ3) is 24.7. The van der Waals surface area contributed by atoms with Crippen LogP contribution in [0.4, 0.5) is 0 Å². The maximum atomic E-state index is 13.0. The molecule has 1 aromatic carbocycles. The van der Waals surface area contributed by atoms with E-state index in [2.05, 4.69) is 20.1 Å². The first-order chi connectivity index (χ1) is 31.9. The quantitative estimate of drug-likeness (QED) is 0.0210. The number of hydrogen-bond donors (Lipinski definition) is 2. The van der Waals surface area contributed by atoms with Gasteiger partial charge in [0, 0.05) is 0 Å². The number of hydrogen-bond acceptors (Lipinski definition) is 15. The van der Waals surface area contributed by atoms with Gasteiger partial charge in [-0.2, -0.15) is 0 Å². The van der Waals surface area contributed by atoms with Crippen molar-refractivity contribution >= 4 is 43.8 Å². The van der Waals surface area contributed by atoms with Gasteiger partial charge in [-0.3, -0.25) is 28.8 Å². The van der Waals surface area contributed by atoms with E-state index in [0.717, 1.165) is 12.0 Å². The highest BCUT2D eigenvalue weighted by atomic mass is 31.1. The maximum Gasteiger partial charge on any atom is 0.504 e. The average Bonchev–Trinajstić information content (AvgIpc) is 3.28. The third-order valence-electron chi connectivity index (χ3n) is 11.3. The number of esters is 4. The Hall–Kier alpha value is -4.54. The van der Waals surface area contributed by atoms with Gasteiger partial charge in [0.05, 0.1) is 80.2 Å². The predicted octanol–water partition coefficient (Wildman–Crippen LogP) is 8.61. The summed E-state index contributed by atoms with van der Waals surface area (Å²) in [6.07, 6.45) is 4.72. The van der Waals surface area contributed by atoms with Gasteiger partial charge in [-0.1, -0.05) is 56.3 Å². The Kier molecular flexibility index (Phi) is 30.9. The summed E-state index contributed by atoms with van der Waals surface area (Å²) in [6.45, 7) is 24.0. The second kappa shape index (κ2) is 33.1. The second-order valence-corrected chi connectivity index (χ2v) is 19.5. The molecule has 1 aromatic rings. The molecule has 18 heteroatoms. The standard InChI is InChI=1S/C25H41O11P.C25H38O6/c1-8-10-33-11-12-35-23(30)24(3,4)17-25(5,22(28)29)16-19(15-18(9-2)20(26)32-6)21(27)34-13-14-36-37(7)31;1-6-13-29-14-15-30-16-17-31-23(28)24(3,4)19-25(5,22(26)27)18-20(7-2)21-11-9-8-10-12-21/h8,18-19H,1,9-17H2,2-7H3;6,8-12,20H,1,7,13-19H2,2-5H3,(H,26,27)/p+1. The van der Waals surface area contributed by atoms with Crippen molar-refractivity contribution in [3.63, 3.8) is 0 Å². The minimum absolute atomic E-state index is 0.000702. The lowest BCUT2D eigenvalue weighted by atomic mass is 9.68. The lowest BCUT2D eigenvalue weighted by molar-refractivity contribution is -0.164. The lowest BCUT2D eigenvalue weighted by Gasteiger charge is -2.35. The Morgan fingerprint density at radius 1 is 0.632 bits per heavy atom. The molecule has 0 aromatic heterocycles. The van der Waals surface area contributed by atoms with E-state index in [4.69, 9.17) is 37.7 Å². The Morgan fingerprint density at radius 3 is 1.53 bits per heavy atom. The zero-order chi connectivity index (χ0) is 52.0. The molecule has 0 aliphatic carbocycles. The fourth-order valence-corrected chi connectivity index (χ4v) is 8.17. The van der Waals surface area contributed by atoms with Crippen LogP contribution in [0.15, 0.2) is 55.6 Å². The van der Waals surface area contributed by atoms with E-state index >= 15 is 0 Å². The molecular weight excluding hydrogens is 904 g/mol. The van der Waals surface area contributed by atoms with Crippen molar-refractivity contribution in [2.45, 2.75) is 106 Å². The zero-order valence-electron chi connectivity index (χ0n) is 42.2. The number of ether oxygens (including phenoxy) is 7. The van der Waals surface area contributed by atoms with Crippen LogP contribution < -0.4 is 0 Å². The van der Waals surface area contributed by atoms with Crippen molar-refractivity contribution in [3.05, 3.63) is 61.2 Å². The highest BCUT2D eigenvalue weighted by Crippen LogP contribution is 2.44. The van der Waals surface area contributed by atoms with Crippen LogP contribution in [0.2, 0.25) is 0 Å². The van der Waals surface area contributed by atoms with Gasteiger partial charge >= 0.3 is 43.8 Å². The van der Waals surface area contributed by atoms with Crippen LogP contribution in [-0.2, 0) is 71.0 Å². The molecule has 386 valence electrons. The van der Waals surface area contributed by atoms with Gasteiger partial charge in [-0.25, -0.2) is 0 Å². The summed E-state index contributed by atoms with van der Waals surface area (Å²) < 4.78 is 52.5. The molecule has 68 heavy (non-hydrogen) atoms. The second-order valence-electron chi connectivity index (χ2n) is 18.4. The molecule has 1 rings (SSSR count). The van der Waals surface area contributed by atoms with Crippen LogP contribution in [0.5, 0.6) is 0 Å². The van der Waals surface area contributed by atoms with E-state index in [1.54, 1.807) is 53.7 Å². The van der Waals surface area contributed by atoms with Gasteiger partial charge in [0.2, 0.25) is 0 Å². The largest absolute Gasteiger partial charge is 0.504 e. The summed E-state index contributed by atoms with van der Waals surface area (Å²) in [5, 5.41) is 20.1. The molecule has 2 N–H and O–H groups in total. The van der Waals surface area contributed by atoms with E-state index in [1.807, 2.05) is 30.3 Å². The van der Waals surface area contributed by atoms with Crippen molar-refractivity contribution < 1.29 is 81.2 Å². The molecule has 0 radical (unpaired) electrons. The fourth-order valence-electron chi connectivity index (χ4n) is 7.84. The van der Waals surface area contributed by atoms with Gasteiger partial charge in [0.1, 0.15) is 26.4 Å². The molecular formula is C50H80O17P+. The number of rotatable bonds is 36. The van der Waals surface area contributed by atoms with Crippen molar-refractivity contribution in [1.82, 2.24) is 0 Å². The fraction of sp³-hybridized carbons (Fsp3) is 0.680. The molecule has 0 fully saturated rings. The Morgan fingerprint density at radius 2 is 1.09 bits per heavy atom. The number of carboxylic acid groups (broad SMARTS) is 2. The SMILES string of the molecule is C=CCOCCOC(=O)C(C)(C)CC(C)(CC(CC(CC)C(=O)OC)C(=O)OCCO[P+](C)=O)C(=O)O.C=CCOCCOCCOC(=O)C(C)(C)CC(C)(CC(CC)c1ccccc1)C(=O)O. The highest BCUT2D eigenvalue weighted by Gasteiger charge is 2.47. The van der Waals surface area contributed by atoms with Crippen molar-refractivity contribution in [2.75, 3.05) is 79.8 Å². The number of benzene rings is 1. The number of carbonyl (C=O) groups excluding carboxylic acids is 4. The zero-order valence-corrected chi connectivity index (χ0v) is 43.1. The van der Waals surface area contributed by atoms with Crippen LogP contribution >= 0.6 is 8.03 Å². The molecule has 0 saturated heterocycles. The van der Waals surface area contributed by atoms with Crippen LogP contribution in [-0.4, -0.2) is 126 Å². The maximum absolute atomic E-state index is 13.0. The molecule has 0 spiro atoms. The number of carboxylic acids is 2. The molecule has 0 aliphatic rings. The Balaban J connectivity index is 0.00000134. The van der Waals surface area contributed by atoms with Crippen molar-refractivity contribution in [2.24, 2.45) is 33.5 Å². The van der Waals surface area contributed by atoms with E-state index < -0.39 is 77.3 Å². The summed E-state index contributed by atoms with van der Waals surface area (Å²) in [5.41, 5.74) is -3.62. The van der Waals surface area contributed by atoms with Crippen LogP contribution in [0.1, 0.15) is 112 Å². The molecule has 6 atom stereocenters. The van der Waals surface area contributed by atoms with Crippen LogP contribution in [0.25, 0.3) is 0 Å². The minimum Gasteiger partial charge on any atom is -0.481 e. The summed E-state index contributed by atoms with van der Waals surface area (Å²) in [4.78, 5) is 75.2. The molecule has 6 unspecified atom stereocenters. The smallest absolute Gasteiger partial charge is 0.481 e. The van der Waals surface area contributed by atoms with Crippen molar-refractivity contribution in [3.8, 4) is 0 Å². The predicted molar refractivity (Wildman–Crippen MR) is 256 cm³/mol. The Labute approximate surface area is 404 Å². The van der Waals surface area contributed by atoms with Gasteiger partial charge in [-0.05, 0) is 103 Å². The third-order valence-corrected chi connectivity index (χ3v) is 11.8. The van der Waals surface area contributed by atoms with Gasteiger partial charge in [-0.15, -0.1) is 17.7 Å². The van der Waals surface area contributed by atoms with Crippen molar-refractivity contribution in [1.29, 1.82) is 0 Å². The summed E-state index contributed by atoms with van der Waals surface area (Å²) in [5.74, 6) is -5.91. The average molecular weight is 984 g/mol. The molecule has 0 bridgehead atoms. The minimum atomic E-state index is -1.87. The monoisotopic (exact) mass is 984 g/mol. The number of methoxy groups -OCH3 is 1. The van der Waals surface area contributed by atoms with Gasteiger partial charge < -0.3 is 43.4 Å². The topological polar surface area (TPSA) is 234 Å². The van der Waals surface area contributed by atoms with E-state index in [-0.39, 0.29) is 71.2 Å². The van der Waals surface area contributed by atoms with E-state index in [9.17, 15) is 43.5 Å². The molecule has 17 nitrogen and oxygen atoms in total. The summed E-state index contributed by atoms with van der Waals surface area (Å²) in [6, 6.07) is 9.93. The highest BCUT2D eigenvalue weighted by molar-refractivity contribution is 7.38. The molecule has 0 aliphatic heterocycles. The molecule has 0 saturated carbocycles. The number of carbonyl (C=O) groups is 6. The first-order valence-electron chi connectivity index (χ1n) is 23.0. The summed E-state index contributed by atoms with van der Waals surface area (Å²) in [7, 11) is -0.636. The lowest BCUT2D eigenvalue weighted by Crippen LogP contribution is -2.41. The van der Waals surface area contributed by atoms with Gasteiger partial charge in [0.15, 0.2) is 6.66 Å². The normalized spacial score (nSPS) is 14.8. The first kappa shape index (κ1) is 63.5. The summed E-state index contributed by atoms with van der Waals surface area (Å²) >= 11 is 0. The molecule has 0 amide bonds.